The first-order valence-corrected chi connectivity index (χ1v) is 8.06. The van der Waals surface area contributed by atoms with Gasteiger partial charge in [0.2, 0.25) is 0 Å². The van der Waals surface area contributed by atoms with Crippen LogP contribution in [-0.4, -0.2) is 69.6 Å². The van der Waals surface area contributed by atoms with Crippen molar-refractivity contribution in [2.45, 2.75) is 46.3 Å². The van der Waals surface area contributed by atoms with Crippen molar-refractivity contribution in [1.82, 2.24) is 30.1 Å². The molecule has 1 aliphatic rings. The Labute approximate surface area is 128 Å². The van der Waals surface area contributed by atoms with Gasteiger partial charge in [0.1, 0.15) is 0 Å². The van der Waals surface area contributed by atoms with Gasteiger partial charge < -0.3 is 5.32 Å². The van der Waals surface area contributed by atoms with E-state index < -0.39 is 0 Å². The van der Waals surface area contributed by atoms with E-state index in [0.717, 1.165) is 58.1 Å². The highest BCUT2D eigenvalue weighted by Crippen LogP contribution is 2.15. The van der Waals surface area contributed by atoms with Gasteiger partial charge in [0.25, 0.3) is 0 Å². The van der Waals surface area contributed by atoms with Crippen molar-refractivity contribution >= 4 is 0 Å². The van der Waals surface area contributed by atoms with Crippen LogP contribution in [-0.2, 0) is 13.1 Å². The minimum atomic E-state index is 0.291. The lowest BCUT2D eigenvalue weighted by Crippen LogP contribution is -2.53. The zero-order valence-corrected chi connectivity index (χ0v) is 14.0. The van der Waals surface area contributed by atoms with Crippen LogP contribution < -0.4 is 5.32 Å². The molecular weight excluding hydrogens is 264 g/mol. The highest BCUT2D eigenvalue weighted by Gasteiger charge is 2.25. The van der Waals surface area contributed by atoms with Gasteiger partial charge >= 0.3 is 0 Å². The van der Waals surface area contributed by atoms with Crippen LogP contribution in [0.1, 0.15) is 33.4 Å². The molecule has 1 aromatic rings. The Bertz CT molecular complexity index is 414. The van der Waals surface area contributed by atoms with Crippen molar-refractivity contribution in [3.8, 4) is 0 Å². The molecule has 2 rings (SSSR count). The zero-order chi connectivity index (χ0) is 15.3. The van der Waals surface area contributed by atoms with Gasteiger partial charge in [0.15, 0.2) is 0 Å². The second kappa shape index (κ2) is 7.33. The number of nitrogens with one attached hydrogen (secondary N) is 1. The summed E-state index contributed by atoms with van der Waals surface area (Å²) in [5, 5.41) is 11.7. The Kier molecular flexibility index (Phi) is 5.72. The molecule has 0 atom stereocenters. The SMILES string of the molecule is CCNCc1cn(CCN2CCN(C(C)(C)C)CC2)nn1. The molecule has 0 radical (unpaired) electrons. The molecular formula is C15H30N6. The Hall–Kier alpha value is -0.980. The number of hydrogen-bond donors (Lipinski definition) is 1. The maximum absolute atomic E-state index is 4.20. The average Bonchev–Trinajstić information content (AvgIpc) is 2.90. The van der Waals surface area contributed by atoms with Crippen LogP contribution in [0.25, 0.3) is 0 Å². The Morgan fingerprint density at radius 2 is 1.86 bits per heavy atom. The third kappa shape index (κ3) is 5.05. The van der Waals surface area contributed by atoms with E-state index in [1.807, 2.05) is 10.9 Å². The molecule has 21 heavy (non-hydrogen) atoms. The van der Waals surface area contributed by atoms with Crippen LogP contribution in [0.15, 0.2) is 6.20 Å². The van der Waals surface area contributed by atoms with Crippen LogP contribution >= 0.6 is 0 Å². The van der Waals surface area contributed by atoms with E-state index >= 15 is 0 Å². The van der Waals surface area contributed by atoms with Crippen LogP contribution in [0.3, 0.4) is 0 Å². The van der Waals surface area contributed by atoms with Crippen molar-refractivity contribution < 1.29 is 0 Å². The second-order valence-corrected chi connectivity index (χ2v) is 6.75. The maximum atomic E-state index is 4.20. The summed E-state index contributed by atoms with van der Waals surface area (Å²) < 4.78 is 1.96. The molecule has 1 N–H and O–H groups in total. The lowest BCUT2D eigenvalue weighted by molar-refractivity contribution is 0.0604. The number of nitrogens with zero attached hydrogens (tertiary/aromatic N) is 5. The molecule has 2 heterocycles. The number of rotatable bonds is 6. The van der Waals surface area contributed by atoms with E-state index in [1.54, 1.807) is 0 Å². The van der Waals surface area contributed by atoms with Gasteiger partial charge in [-0.25, -0.2) is 0 Å². The molecule has 6 nitrogen and oxygen atoms in total. The fourth-order valence-electron chi connectivity index (χ4n) is 2.67. The lowest BCUT2D eigenvalue weighted by atomic mass is 10.1. The van der Waals surface area contributed by atoms with Gasteiger partial charge in [-0.15, -0.1) is 5.10 Å². The summed E-state index contributed by atoms with van der Waals surface area (Å²) >= 11 is 0. The molecule has 0 unspecified atom stereocenters. The topological polar surface area (TPSA) is 49.2 Å². The first kappa shape index (κ1) is 16.4. The fraction of sp³-hybridized carbons (Fsp3) is 0.867. The Morgan fingerprint density at radius 1 is 1.14 bits per heavy atom. The van der Waals surface area contributed by atoms with Crippen molar-refractivity contribution in [1.29, 1.82) is 0 Å². The predicted octanol–water partition coefficient (Wildman–Crippen LogP) is 0.804. The van der Waals surface area contributed by atoms with Crippen molar-refractivity contribution in [2.75, 3.05) is 39.3 Å². The quantitative estimate of drug-likeness (QED) is 0.841. The molecule has 1 fully saturated rings. The number of piperazine rings is 1. The van der Waals surface area contributed by atoms with Gasteiger partial charge in [-0.3, -0.25) is 14.5 Å². The number of aromatic nitrogens is 3. The van der Waals surface area contributed by atoms with Crippen molar-refractivity contribution in [2.24, 2.45) is 0 Å². The van der Waals surface area contributed by atoms with Gasteiger partial charge in [-0.05, 0) is 27.3 Å². The van der Waals surface area contributed by atoms with E-state index in [9.17, 15) is 0 Å². The van der Waals surface area contributed by atoms with E-state index in [-0.39, 0.29) is 0 Å². The highest BCUT2D eigenvalue weighted by atomic mass is 15.4. The standard InChI is InChI=1S/C15H30N6/c1-5-16-12-14-13-21(18-17-14)11-8-19-6-9-20(10-7-19)15(2,3)4/h13,16H,5-12H2,1-4H3. The summed E-state index contributed by atoms with van der Waals surface area (Å²) in [4.78, 5) is 5.08. The fourth-order valence-corrected chi connectivity index (χ4v) is 2.67. The largest absolute Gasteiger partial charge is 0.311 e. The molecule has 0 spiro atoms. The molecule has 0 aromatic carbocycles. The van der Waals surface area contributed by atoms with E-state index in [4.69, 9.17) is 0 Å². The summed E-state index contributed by atoms with van der Waals surface area (Å²) in [7, 11) is 0. The summed E-state index contributed by atoms with van der Waals surface area (Å²) in [6.07, 6.45) is 2.05. The third-order valence-corrected chi connectivity index (χ3v) is 4.11. The van der Waals surface area contributed by atoms with Crippen LogP contribution in [0.2, 0.25) is 0 Å². The summed E-state index contributed by atoms with van der Waals surface area (Å²) in [5.41, 5.74) is 1.31. The maximum Gasteiger partial charge on any atom is 0.0964 e. The van der Waals surface area contributed by atoms with E-state index in [2.05, 4.69) is 53.1 Å². The van der Waals surface area contributed by atoms with Crippen LogP contribution in [0.4, 0.5) is 0 Å². The second-order valence-electron chi connectivity index (χ2n) is 6.75. The molecule has 0 amide bonds. The smallest absolute Gasteiger partial charge is 0.0964 e. The normalized spacial score (nSPS) is 18.3. The summed E-state index contributed by atoms with van der Waals surface area (Å²) in [6.45, 7) is 17.4. The zero-order valence-electron chi connectivity index (χ0n) is 14.0. The van der Waals surface area contributed by atoms with Gasteiger partial charge in [-0.1, -0.05) is 12.1 Å². The van der Waals surface area contributed by atoms with E-state index in [0.29, 0.717) is 5.54 Å². The monoisotopic (exact) mass is 294 g/mol. The van der Waals surface area contributed by atoms with Crippen molar-refractivity contribution in [3.63, 3.8) is 0 Å². The molecule has 0 saturated carbocycles. The molecule has 6 heteroatoms. The van der Waals surface area contributed by atoms with Crippen LogP contribution in [0, 0.1) is 0 Å². The first-order chi connectivity index (χ1) is 9.99. The number of hydrogen-bond acceptors (Lipinski definition) is 5. The molecule has 0 bridgehead atoms. The predicted molar refractivity (Wildman–Crippen MR) is 85.2 cm³/mol. The van der Waals surface area contributed by atoms with Gasteiger partial charge in [-0.2, -0.15) is 0 Å². The van der Waals surface area contributed by atoms with Gasteiger partial charge in [0.05, 0.1) is 12.2 Å². The molecule has 1 saturated heterocycles. The molecule has 1 aliphatic heterocycles. The molecule has 0 aliphatic carbocycles. The van der Waals surface area contributed by atoms with Gasteiger partial charge in [0, 0.05) is 51.0 Å². The average molecular weight is 294 g/mol. The lowest BCUT2D eigenvalue weighted by Gasteiger charge is -2.42. The van der Waals surface area contributed by atoms with E-state index in [1.165, 1.54) is 0 Å². The Balaban J connectivity index is 1.71. The highest BCUT2D eigenvalue weighted by molar-refractivity contribution is 4.91. The van der Waals surface area contributed by atoms with Crippen LogP contribution in [0.5, 0.6) is 0 Å². The molecule has 1 aromatic heterocycles. The third-order valence-electron chi connectivity index (χ3n) is 4.11. The first-order valence-electron chi connectivity index (χ1n) is 8.06. The minimum absolute atomic E-state index is 0.291. The summed E-state index contributed by atoms with van der Waals surface area (Å²) in [6, 6.07) is 0. The Morgan fingerprint density at radius 3 is 2.48 bits per heavy atom. The summed E-state index contributed by atoms with van der Waals surface area (Å²) in [5.74, 6) is 0. The molecule has 120 valence electrons. The minimum Gasteiger partial charge on any atom is -0.311 e. The van der Waals surface area contributed by atoms with Crippen molar-refractivity contribution in [3.05, 3.63) is 11.9 Å².